The van der Waals surface area contributed by atoms with Gasteiger partial charge in [-0.15, -0.1) is 0 Å². The Balaban J connectivity index is 2.96. The lowest BCUT2D eigenvalue weighted by molar-refractivity contribution is 0.358. The van der Waals surface area contributed by atoms with E-state index in [0.717, 1.165) is 11.8 Å². The van der Waals surface area contributed by atoms with E-state index in [2.05, 4.69) is 20.7 Å². The minimum absolute atomic E-state index is 0.181. The average molecular weight is 454 g/mol. The van der Waals surface area contributed by atoms with Gasteiger partial charge >= 0.3 is 0 Å². The molecule has 0 spiro atoms. The Morgan fingerprint density at radius 1 is 1.20 bits per heavy atom. The molecule has 9 heteroatoms. The van der Waals surface area contributed by atoms with Crippen molar-refractivity contribution >= 4 is 36.1 Å². The van der Waals surface area contributed by atoms with E-state index in [1.165, 1.54) is 0 Å². The predicted octanol–water partition coefficient (Wildman–Crippen LogP) is 2.94. The van der Waals surface area contributed by atoms with Gasteiger partial charge < -0.3 is 0 Å². The van der Waals surface area contributed by atoms with Crippen LogP contribution >= 0.6 is 15.9 Å². The maximum atomic E-state index is 12.6. The van der Waals surface area contributed by atoms with E-state index in [9.17, 15) is 16.8 Å². The van der Waals surface area contributed by atoms with Gasteiger partial charge in [-0.3, -0.25) is 4.18 Å². The van der Waals surface area contributed by atoms with Gasteiger partial charge in [-0.1, -0.05) is 53.5 Å². The van der Waals surface area contributed by atoms with E-state index in [-0.39, 0.29) is 17.4 Å². The van der Waals surface area contributed by atoms with E-state index in [4.69, 9.17) is 4.18 Å². The van der Waals surface area contributed by atoms with Crippen molar-refractivity contribution in [3.8, 4) is 0 Å². The van der Waals surface area contributed by atoms with Crippen LogP contribution < -0.4 is 4.72 Å². The molecular formula is C16H24BrNO5S2. The monoisotopic (exact) mass is 453 g/mol. The number of sulfonamides is 1. The van der Waals surface area contributed by atoms with E-state index >= 15 is 0 Å². The summed E-state index contributed by atoms with van der Waals surface area (Å²) >= 11 is 3.23. The van der Waals surface area contributed by atoms with Crippen LogP contribution in [-0.4, -0.2) is 35.7 Å². The molecular weight excluding hydrogens is 430 g/mol. The van der Waals surface area contributed by atoms with Crippen LogP contribution in [0.2, 0.25) is 0 Å². The summed E-state index contributed by atoms with van der Waals surface area (Å²) in [6, 6.07) is 6.07. The van der Waals surface area contributed by atoms with Gasteiger partial charge in [0.15, 0.2) is 0 Å². The number of hydrogen-bond acceptors (Lipinski definition) is 5. The molecule has 1 atom stereocenters. The fourth-order valence-electron chi connectivity index (χ4n) is 2.07. The van der Waals surface area contributed by atoms with Crippen LogP contribution in [0.25, 0.3) is 0 Å². The third-order valence-corrected chi connectivity index (χ3v) is 5.70. The molecule has 0 radical (unpaired) electrons. The lowest BCUT2D eigenvalue weighted by atomic mass is 10.0. The highest BCUT2D eigenvalue weighted by atomic mass is 79.9. The van der Waals surface area contributed by atoms with Crippen LogP contribution in [0.1, 0.15) is 25.8 Å². The molecule has 1 aromatic carbocycles. The molecule has 0 fully saturated rings. The number of hydrogen-bond donors (Lipinski definition) is 1. The first-order valence-corrected chi connectivity index (χ1v) is 11.8. The van der Waals surface area contributed by atoms with Crippen molar-refractivity contribution in [1.82, 2.24) is 4.72 Å². The van der Waals surface area contributed by atoms with Gasteiger partial charge in [0.2, 0.25) is 10.0 Å². The third kappa shape index (κ3) is 8.96. The zero-order chi connectivity index (χ0) is 19.3. The number of benzene rings is 1. The largest absolute Gasteiger partial charge is 0.265 e. The molecule has 1 rings (SSSR count). The lowest BCUT2D eigenvalue weighted by Gasteiger charge is -2.18. The molecule has 6 nitrogen and oxygen atoms in total. The minimum atomic E-state index is -3.69. The van der Waals surface area contributed by atoms with Crippen molar-refractivity contribution in [1.29, 1.82) is 0 Å². The van der Waals surface area contributed by atoms with E-state index < -0.39 is 26.2 Å². The second kappa shape index (κ2) is 9.27. The normalized spacial score (nSPS) is 14.7. The van der Waals surface area contributed by atoms with Crippen molar-refractivity contribution in [2.75, 3.05) is 12.9 Å². The van der Waals surface area contributed by atoms with Gasteiger partial charge in [0.25, 0.3) is 10.1 Å². The Bertz CT molecular complexity index is 799. The second-order valence-electron chi connectivity index (χ2n) is 6.25. The molecule has 1 aromatic rings. The first-order valence-electron chi connectivity index (χ1n) is 7.68. The summed E-state index contributed by atoms with van der Waals surface area (Å²) in [5.74, 6) is 0.234. The molecule has 25 heavy (non-hydrogen) atoms. The molecule has 0 aliphatic heterocycles. The molecule has 0 saturated carbocycles. The Hall–Kier alpha value is -0.740. The van der Waals surface area contributed by atoms with Crippen molar-refractivity contribution in [3.05, 3.63) is 40.4 Å². The van der Waals surface area contributed by atoms with Crippen molar-refractivity contribution in [3.63, 3.8) is 0 Å². The highest BCUT2D eigenvalue weighted by molar-refractivity contribution is 9.11. The molecule has 1 N–H and O–H groups in total. The summed E-state index contributed by atoms with van der Waals surface area (Å²) < 4.78 is 55.0. The van der Waals surface area contributed by atoms with Gasteiger partial charge in [-0.25, -0.2) is 13.1 Å². The molecule has 0 aliphatic carbocycles. The van der Waals surface area contributed by atoms with E-state index in [0.29, 0.717) is 10.9 Å². The van der Waals surface area contributed by atoms with Crippen LogP contribution in [0, 0.1) is 12.8 Å². The maximum absolute atomic E-state index is 12.6. The summed E-state index contributed by atoms with van der Waals surface area (Å²) in [7, 11) is -7.26. The van der Waals surface area contributed by atoms with Gasteiger partial charge in [-0.2, -0.15) is 8.42 Å². The van der Waals surface area contributed by atoms with Gasteiger partial charge in [-0.05, 0) is 31.4 Å². The van der Waals surface area contributed by atoms with Crippen LogP contribution in [-0.2, 0) is 24.3 Å². The fraction of sp³-hybridized carbons (Fsp3) is 0.500. The fourth-order valence-corrected chi connectivity index (χ4v) is 4.19. The topological polar surface area (TPSA) is 89.5 Å². The molecule has 0 unspecified atom stereocenters. The standard InChI is InChI=1S/C16H24BrNO5S2/c1-12(2)9-15(10-14(17)11-23-24(4,19)20)18-25(21,22)16-7-5-13(3)6-8-16/h5-8,10,12,15,18H,9,11H2,1-4H3/b14-10+/t15-/m0/s1. The molecule has 0 saturated heterocycles. The summed E-state index contributed by atoms with van der Waals surface area (Å²) in [5, 5.41) is 0. The molecule has 0 aliphatic rings. The van der Waals surface area contributed by atoms with Crippen LogP contribution in [0.3, 0.4) is 0 Å². The smallest absolute Gasteiger partial charge is 0.264 e. The summed E-state index contributed by atoms with van der Waals surface area (Å²) in [4.78, 5) is 0.184. The molecule has 0 aromatic heterocycles. The highest BCUT2D eigenvalue weighted by Crippen LogP contribution is 2.17. The van der Waals surface area contributed by atoms with Crippen LogP contribution in [0.5, 0.6) is 0 Å². The van der Waals surface area contributed by atoms with E-state index in [1.54, 1.807) is 30.3 Å². The Labute approximate surface area is 159 Å². The molecule has 142 valence electrons. The first kappa shape index (κ1) is 22.3. The maximum Gasteiger partial charge on any atom is 0.264 e. The predicted molar refractivity (Wildman–Crippen MR) is 103 cm³/mol. The second-order valence-corrected chi connectivity index (χ2v) is 10.6. The van der Waals surface area contributed by atoms with Gasteiger partial charge in [0.05, 0.1) is 17.8 Å². The number of aryl methyl sites for hydroxylation is 1. The SMILES string of the molecule is Cc1ccc(S(=O)(=O)N[C@H](/C=C(/Br)COS(C)(=O)=O)CC(C)C)cc1. The zero-order valence-corrected chi connectivity index (χ0v) is 17.9. The number of nitrogens with one attached hydrogen (secondary N) is 1. The van der Waals surface area contributed by atoms with Gasteiger partial charge in [0.1, 0.15) is 0 Å². The minimum Gasteiger partial charge on any atom is -0.265 e. The highest BCUT2D eigenvalue weighted by Gasteiger charge is 2.20. The molecule has 0 heterocycles. The first-order chi connectivity index (χ1) is 11.4. The lowest BCUT2D eigenvalue weighted by Crippen LogP contribution is -2.34. The third-order valence-electron chi connectivity index (χ3n) is 3.16. The van der Waals surface area contributed by atoms with Crippen LogP contribution in [0.15, 0.2) is 39.7 Å². The quantitative estimate of drug-likeness (QED) is 0.580. The van der Waals surface area contributed by atoms with Crippen molar-refractivity contribution < 1.29 is 21.0 Å². The zero-order valence-electron chi connectivity index (χ0n) is 14.7. The molecule has 0 bridgehead atoms. The Kier molecular flexibility index (Phi) is 8.27. The van der Waals surface area contributed by atoms with E-state index in [1.807, 2.05) is 20.8 Å². The number of halogens is 1. The number of rotatable bonds is 9. The van der Waals surface area contributed by atoms with Crippen molar-refractivity contribution in [2.24, 2.45) is 5.92 Å². The average Bonchev–Trinajstić information content (AvgIpc) is 2.43. The summed E-state index contributed by atoms with van der Waals surface area (Å²) in [6.07, 6.45) is 3.13. The van der Waals surface area contributed by atoms with Gasteiger partial charge in [0, 0.05) is 10.5 Å². The summed E-state index contributed by atoms with van der Waals surface area (Å²) in [5.41, 5.74) is 0.971. The van der Waals surface area contributed by atoms with Crippen molar-refractivity contribution in [2.45, 2.75) is 38.1 Å². The Morgan fingerprint density at radius 2 is 1.76 bits per heavy atom. The molecule has 0 amide bonds. The van der Waals surface area contributed by atoms with Crippen LogP contribution in [0.4, 0.5) is 0 Å². The Morgan fingerprint density at radius 3 is 2.24 bits per heavy atom. The summed E-state index contributed by atoms with van der Waals surface area (Å²) in [6.45, 7) is 5.65.